The number of aliphatic hydroxyl groups is 1. The first kappa shape index (κ1) is 16.8. The molecule has 0 fully saturated rings. The molecular formula is C11H15ClN2O5S. The van der Waals surface area contributed by atoms with Crippen molar-refractivity contribution in [1.82, 2.24) is 4.72 Å². The Morgan fingerprint density at radius 2 is 2.15 bits per heavy atom. The molecule has 0 radical (unpaired) electrons. The van der Waals surface area contributed by atoms with Crippen molar-refractivity contribution in [3.63, 3.8) is 0 Å². The van der Waals surface area contributed by atoms with E-state index >= 15 is 0 Å². The van der Waals surface area contributed by atoms with Gasteiger partial charge in [-0.1, -0.05) is 11.6 Å². The van der Waals surface area contributed by atoms with E-state index in [1.165, 1.54) is 0 Å². The molecule has 0 saturated carbocycles. The van der Waals surface area contributed by atoms with Gasteiger partial charge in [0, 0.05) is 18.7 Å². The predicted molar refractivity (Wildman–Crippen MR) is 74.2 cm³/mol. The van der Waals surface area contributed by atoms with Crippen molar-refractivity contribution in [1.29, 1.82) is 0 Å². The highest BCUT2D eigenvalue weighted by Gasteiger charge is 2.20. The van der Waals surface area contributed by atoms with Crippen molar-refractivity contribution in [2.75, 3.05) is 6.54 Å². The molecule has 1 atom stereocenters. The van der Waals surface area contributed by atoms with Gasteiger partial charge in [-0.2, -0.15) is 0 Å². The van der Waals surface area contributed by atoms with E-state index < -0.39 is 21.1 Å². The predicted octanol–water partition coefficient (Wildman–Crippen LogP) is 1.69. The lowest BCUT2D eigenvalue weighted by Gasteiger charge is -2.09. The highest BCUT2D eigenvalue weighted by atomic mass is 35.5. The molecule has 7 nitrogen and oxygen atoms in total. The van der Waals surface area contributed by atoms with Crippen LogP contribution in [-0.2, 0) is 10.0 Å². The SMILES string of the molecule is CC(O)CCCNS(=O)(=O)c1ccc([N+](=O)[O-])cc1Cl. The summed E-state index contributed by atoms with van der Waals surface area (Å²) in [5.41, 5.74) is -0.275. The zero-order chi connectivity index (χ0) is 15.3. The normalized spacial score (nSPS) is 13.2. The van der Waals surface area contributed by atoms with Crippen LogP contribution >= 0.6 is 11.6 Å². The van der Waals surface area contributed by atoms with Crippen LogP contribution < -0.4 is 4.72 Å². The molecule has 0 amide bonds. The summed E-state index contributed by atoms with van der Waals surface area (Å²) in [4.78, 5) is 9.69. The number of hydrogen-bond acceptors (Lipinski definition) is 5. The van der Waals surface area contributed by atoms with Crippen LogP contribution in [0.1, 0.15) is 19.8 Å². The van der Waals surface area contributed by atoms with Crippen molar-refractivity contribution >= 4 is 27.3 Å². The molecule has 0 aromatic heterocycles. The zero-order valence-electron chi connectivity index (χ0n) is 10.7. The minimum Gasteiger partial charge on any atom is -0.393 e. The van der Waals surface area contributed by atoms with Gasteiger partial charge < -0.3 is 5.11 Å². The summed E-state index contributed by atoms with van der Waals surface area (Å²) >= 11 is 5.76. The molecule has 1 aromatic carbocycles. The van der Waals surface area contributed by atoms with Crippen LogP contribution in [0.25, 0.3) is 0 Å². The Morgan fingerprint density at radius 3 is 2.65 bits per heavy atom. The number of benzene rings is 1. The fraction of sp³-hybridized carbons (Fsp3) is 0.455. The minimum absolute atomic E-state index is 0.153. The molecule has 0 heterocycles. The molecule has 2 N–H and O–H groups in total. The number of nitro groups is 1. The first-order valence-corrected chi connectivity index (χ1v) is 7.72. The molecule has 0 bridgehead atoms. The van der Waals surface area contributed by atoms with E-state index in [0.717, 1.165) is 18.2 Å². The average molecular weight is 323 g/mol. The third kappa shape index (κ3) is 4.71. The van der Waals surface area contributed by atoms with E-state index in [4.69, 9.17) is 16.7 Å². The lowest BCUT2D eigenvalue weighted by atomic mass is 10.2. The highest BCUT2D eigenvalue weighted by molar-refractivity contribution is 7.89. The first-order chi connectivity index (χ1) is 9.24. The van der Waals surface area contributed by atoms with Gasteiger partial charge in [0.1, 0.15) is 4.90 Å². The van der Waals surface area contributed by atoms with E-state index in [1.807, 2.05) is 0 Å². The van der Waals surface area contributed by atoms with E-state index in [0.29, 0.717) is 12.8 Å². The van der Waals surface area contributed by atoms with E-state index in [9.17, 15) is 18.5 Å². The summed E-state index contributed by atoms with van der Waals surface area (Å²) in [7, 11) is -3.82. The summed E-state index contributed by atoms with van der Waals surface area (Å²) in [6.45, 7) is 1.77. The quantitative estimate of drug-likeness (QED) is 0.451. The van der Waals surface area contributed by atoms with Gasteiger partial charge in [-0.3, -0.25) is 10.1 Å². The van der Waals surface area contributed by atoms with Gasteiger partial charge in [0.15, 0.2) is 0 Å². The maximum atomic E-state index is 12.0. The lowest BCUT2D eigenvalue weighted by Crippen LogP contribution is -2.25. The van der Waals surface area contributed by atoms with E-state index in [-0.39, 0.29) is 22.2 Å². The van der Waals surface area contributed by atoms with Crippen LogP contribution in [0.3, 0.4) is 0 Å². The number of hydrogen-bond donors (Lipinski definition) is 2. The molecule has 20 heavy (non-hydrogen) atoms. The summed E-state index contributed by atoms with van der Waals surface area (Å²) in [6.07, 6.45) is 0.445. The van der Waals surface area contributed by atoms with Crippen LogP contribution in [0.15, 0.2) is 23.1 Å². The molecule has 0 aliphatic carbocycles. The number of rotatable bonds is 7. The van der Waals surface area contributed by atoms with Crippen LogP contribution in [0, 0.1) is 10.1 Å². The van der Waals surface area contributed by atoms with Crippen LogP contribution in [0.5, 0.6) is 0 Å². The van der Waals surface area contributed by atoms with Gasteiger partial charge in [-0.25, -0.2) is 13.1 Å². The molecule has 0 spiro atoms. The number of nitrogens with one attached hydrogen (secondary N) is 1. The first-order valence-electron chi connectivity index (χ1n) is 5.85. The number of sulfonamides is 1. The average Bonchev–Trinajstić information content (AvgIpc) is 2.34. The highest BCUT2D eigenvalue weighted by Crippen LogP contribution is 2.25. The number of nitro benzene ring substituents is 1. The molecule has 1 unspecified atom stereocenters. The summed E-state index contributed by atoms with van der Waals surface area (Å²) in [6, 6.07) is 3.17. The maximum absolute atomic E-state index is 12.0. The Bertz CT molecular complexity index is 588. The fourth-order valence-corrected chi connectivity index (χ4v) is 3.11. The molecule has 0 aliphatic rings. The minimum atomic E-state index is -3.82. The number of non-ortho nitro benzene ring substituents is 1. The molecular weight excluding hydrogens is 308 g/mol. The largest absolute Gasteiger partial charge is 0.393 e. The van der Waals surface area contributed by atoms with E-state index in [2.05, 4.69) is 4.72 Å². The fourth-order valence-electron chi connectivity index (χ4n) is 1.50. The Labute approximate surface area is 121 Å². The topological polar surface area (TPSA) is 110 Å². The smallest absolute Gasteiger partial charge is 0.271 e. The second-order valence-corrected chi connectivity index (χ2v) is 6.40. The second-order valence-electron chi connectivity index (χ2n) is 4.26. The van der Waals surface area contributed by atoms with Gasteiger partial charge in [0.2, 0.25) is 10.0 Å². The third-order valence-electron chi connectivity index (χ3n) is 2.51. The van der Waals surface area contributed by atoms with E-state index in [1.54, 1.807) is 6.92 Å². The zero-order valence-corrected chi connectivity index (χ0v) is 12.3. The lowest BCUT2D eigenvalue weighted by molar-refractivity contribution is -0.384. The number of aliphatic hydroxyl groups excluding tert-OH is 1. The Hall–Kier alpha value is -1.22. The van der Waals surface area contributed by atoms with Crippen molar-refractivity contribution in [3.05, 3.63) is 33.3 Å². The van der Waals surface area contributed by atoms with Crippen molar-refractivity contribution < 1.29 is 18.4 Å². The summed E-state index contributed by atoms with van der Waals surface area (Å²) in [5, 5.41) is 19.4. The van der Waals surface area contributed by atoms with Crippen molar-refractivity contribution in [2.24, 2.45) is 0 Å². The molecule has 0 aliphatic heterocycles. The van der Waals surface area contributed by atoms with Crippen LogP contribution in [0.4, 0.5) is 5.69 Å². The Balaban J connectivity index is 2.80. The van der Waals surface area contributed by atoms with Gasteiger partial charge >= 0.3 is 0 Å². The molecule has 1 aromatic rings. The molecule has 9 heteroatoms. The Kier molecular flexibility index (Phi) is 5.88. The van der Waals surface area contributed by atoms with Gasteiger partial charge in [0.25, 0.3) is 5.69 Å². The number of nitrogens with zero attached hydrogens (tertiary/aromatic N) is 1. The van der Waals surface area contributed by atoms with Crippen molar-refractivity contribution in [3.8, 4) is 0 Å². The summed E-state index contributed by atoms with van der Waals surface area (Å²) < 4.78 is 26.2. The van der Waals surface area contributed by atoms with Crippen LogP contribution in [0.2, 0.25) is 5.02 Å². The van der Waals surface area contributed by atoms with Gasteiger partial charge in [0.05, 0.1) is 16.0 Å². The monoisotopic (exact) mass is 322 g/mol. The maximum Gasteiger partial charge on any atom is 0.271 e. The molecule has 1 rings (SSSR count). The van der Waals surface area contributed by atoms with Gasteiger partial charge in [-0.15, -0.1) is 0 Å². The Morgan fingerprint density at radius 1 is 1.50 bits per heavy atom. The third-order valence-corrected chi connectivity index (χ3v) is 4.45. The second kappa shape index (κ2) is 6.98. The molecule has 112 valence electrons. The standard InChI is InChI=1S/C11H15ClN2O5S/c1-8(15)3-2-6-13-20(18,19)11-5-4-9(14(16)17)7-10(11)12/h4-5,7-8,13,15H,2-3,6H2,1H3. The summed E-state index contributed by atoms with van der Waals surface area (Å²) in [5.74, 6) is 0. The molecule has 0 saturated heterocycles. The van der Waals surface area contributed by atoms with Crippen molar-refractivity contribution in [2.45, 2.75) is 30.8 Å². The van der Waals surface area contributed by atoms with Crippen LogP contribution in [-0.4, -0.2) is 31.1 Å². The number of halogens is 1. The van der Waals surface area contributed by atoms with Gasteiger partial charge in [-0.05, 0) is 25.8 Å².